The van der Waals surface area contributed by atoms with E-state index in [0.717, 1.165) is 12.8 Å². The summed E-state index contributed by atoms with van der Waals surface area (Å²) in [7, 11) is 0. The second kappa shape index (κ2) is 20.1. The Morgan fingerprint density at radius 2 is 1.02 bits per heavy atom. The molecule has 1 aliphatic carbocycles. The molecule has 0 unspecified atom stereocenters. The Bertz CT molecular complexity index is 2340. The fourth-order valence-corrected chi connectivity index (χ4v) is 8.34. The molecule has 0 aliphatic heterocycles. The average molecular weight is 867 g/mol. The second-order valence-electron chi connectivity index (χ2n) is 16.8. The number of allylic oxidation sites excluding steroid dienone is 4. The molecule has 7 aromatic carbocycles. The summed E-state index contributed by atoms with van der Waals surface area (Å²) in [5.74, 6) is 0. The molecule has 0 spiro atoms. The third-order valence-electron chi connectivity index (χ3n) is 10.4. The zero-order valence-electron chi connectivity index (χ0n) is 34.7. The van der Waals surface area contributed by atoms with Crippen molar-refractivity contribution in [3.05, 3.63) is 197 Å². The van der Waals surface area contributed by atoms with Crippen LogP contribution < -0.4 is 0 Å². The molecular weight excluding hydrogens is 811 g/mol. The topological polar surface area (TPSA) is 0 Å². The quantitative estimate of drug-likeness (QED) is 0.151. The Kier molecular flexibility index (Phi) is 16.1. The van der Waals surface area contributed by atoms with Gasteiger partial charge in [0.15, 0.2) is 0 Å². The van der Waals surface area contributed by atoms with Crippen molar-refractivity contribution < 1.29 is 24.2 Å². The Labute approximate surface area is 369 Å². The molecular formula is C54H56Cl2Zr. The van der Waals surface area contributed by atoms with Crippen LogP contribution >= 0.6 is 24.8 Å². The van der Waals surface area contributed by atoms with Crippen LogP contribution in [0.1, 0.15) is 81.3 Å². The Balaban J connectivity index is 0.000000270. The van der Waals surface area contributed by atoms with E-state index < -0.39 is 0 Å². The van der Waals surface area contributed by atoms with E-state index in [1.807, 2.05) is 12.2 Å². The van der Waals surface area contributed by atoms with Gasteiger partial charge in [-0.05, 0) is 69.2 Å². The molecule has 0 atom stereocenters. The molecule has 0 bridgehead atoms. The van der Waals surface area contributed by atoms with Crippen LogP contribution in [0.15, 0.2) is 158 Å². The molecule has 0 saturated carbocycles. The molecule has 0 aromatic heterocycles. The molecule has 0 N–H and O–H groups in total. The minimum absolute atomic E-state index is 0. The number of hydrogen-bond donors (Lipinski definition) is 0. The molecule has 8 rings (SSSR count). The number of hydrogen-bond acceptors (Lipinski definition) is 0. The van der Waals surface area contributed by atoms with Gasteiger partial charge in [-0.25, -0.2) is 12.2 Å². The molecule has 0 amide bonds. The second-order valence-corrected chi connectivity index (χ2v) is 18.2. The van der Waals surface area contributed by atoms with Crippen molar-refractivity contribution in [2.45, 2.75) is 79.1 Å². The van der Waals surface area contributed by atoms with Gasteiger partial charge in [-0.3, -0.25) is 6.08 Å². The van der Waals surface area contributed by atoms with Gasteiger partial charge in [0, 0.05) is 0 Å². The molecule has 0 saturated heterocycles. The summed E-state index contributed by atoms with van der Waals surface area (Å²) < 4.78 is 1.51. The number of fused-ring (bicyclic) bond motifs is 3. The standard InChI is InChI=1S/C35H37.C14H12.C5H5.2ClH.Zr/c1-22-13-9-11-15-26(22)30-18-24-17-25-19-31(27-16-12-10-14-23(27)2)33(35(6,7)8)21-29(25)28(24)20-32(30)34(3,4)5;1-3-7-13(8-4-1)11-12-14-9-5-2-6-10-14;1-2-4-5-3-1;;;/h9-21H,1-8H3;1-10H,11H2;1-3H,4H2;2*1H;/q-1;;-1;;;+2. The third kappa shape index (κ3) is 11.4. The third-order valence-corrected chi connectivity index (χ3v) is 11.5. The van der Waals surface area contributed by atoms with Gasteiger partial charge in [0.1, 0.15) is 0 Å². The summed E-state index contributed by atoms with van der Waals surface area (Å²) in [5.41, 5.74) is 13.7. The van der Waals surface area contributed by atoms with E-state index in [-0.39, 0.29) is 35.6 Å². The van der Waals surface area contributed by atoms with E-state index in [9.17, 15) is 0 Å². The minimum atomic E-state index is 0. The van der Waals surface area contributed by atoms with Gasteiger partial charge in [-0.2, -0.15) is 6.08 Å². The summed E-state index contributed by atoms with van der Waals surface area (Å²) in [6, 6.07) is 51.0. The molecule has 0 radical (unpaired) electrons. The fourth-order valence-electron chi connectivity index (χ4n) is 7.42. The summed E-state index contributed by atoms with van der Waals surface area (Å²) in [4.78, 5) is 0. The molecule has 0 heterocycles. The predicted octanol–water partition coefficient (Wildman–Crippen LogP) is 15.4. The van der Waals surface area contributed by atoms with Gasteiger partial charge in [-0.1, -0.05) is 102 Å². The number of aryl methyl sites for hydroxylation is 2. The molecule has 0 nitrogen and oxygen atoms in total. The van der Waals surface area contributed by atoms with E-state index in [2.05, 4.69) is 207 Å². The van der Waals surface area contributed by atoms with Crippen LogP contribution in [0.4, 0.5) is 0 Å². The number of rotatable bonds is 5. The van der Waals surface area contributed by atoms with Gasteiger partial charge < -0.3 is 0 Å². The normalized spacial score (nSPS) is 11.9. The van der Waals surface area contributed by atoms with Gasteiger partial charge in [0.25, 0.3) is 0 Å². The number of halogens is 2. The zero-order valence-corrected chi connectivity index (χ0v) is 38.8. The van der Waals surface area contributed by atoms with Gasteiger partial charge >= 0.3 is 106 Å². The van der Waals surface area contributed by atoms with Crippen molar-refractivity contribution in [1.82, 2.24) is 0 Å². The van der Waals surface area contributed by atoms with E-state index >= 15 is 0 Å². The van der Waals surface area contributed by atoms with Crippen molar-refractivity contribution in [3.8, 4) is 22.3 Å². The van der Waals surface area contributed by atoms with Crippen molar-refractivity contribution in [2.24, 2.45) is 0 Å². The molecule has 3 heteroatoms. The Morgan fingerprint density at radius 1 is 0.579 bits per heavy atom. The van der Waals surface area contributed by atoms with Gasteiger partial charge in [0.2, 0.25) is 0 Å². The maximum atomic E-state index is 2.99. The van der Waals surface area contributed by atoms with Crippen LogP contribution in [0.2, 0.25) is 0 Å². The summed E-state index contributed by atoms with van der Waals surface area (Å²) in [6.45, 7) is 18.4. The SMILES string of the molecule is Cc1ccccc1-c1cc2[cH-]c3cc(-c4ccccc4C)c(C(C)(C)C)cc3c2cc1C(C)(C)C.Cl.Cl.[C-]1=CC=CC1.[Zr+2]=[C](Cc1ccccc1)c1ccccc1. The van der Waals surface area contributed by atoms with Crippen LogP contribution in [0.5, 0.6) is 0 Å². The predicted molar refractivity (Wildman–Crippen MR) is 252 cm³/mol. The maximum absolute atomic E-state index is 2.99. The van der Waals surface area contributed by atoms with Crippen molar-refractivity contribution in [3.63, 3.8) is 0 Å². The first-order valence-electron chi connectivity index (χ1n) is 19.5. The van der Waals surface area contributed by atoms with Gasteiger partial charge in [-0.15, -0.1) is 71.0 Å². The zero-order chi connectivity index (χ0) is 39.2. The summed E-state index contributed by atoms with van der Waals surface area (Å²) in [5, 5.41) is 5.38. The first-order chi connectivity index (χ1) is 26.3. The van der Waals surface area contributed by atoms with Crippen LogP contribution in [-0.4, -0.2) is 3.21 Å². The molecule has 290 valence electrons. The summed E-state index contributed by atoms with van der Waals surface area (Å²) in [6.07, 6.45) is 11.1. The van der Waals surface area contributed by atoms with E-state index in [1.54, 1.807) is 0 Å². The van der Waals surface area contributed by atoms with Crippen LogP contribution in [-0.2, 0) is 41.5 Å². The first-order valence-corrected chi connectivity index (χ1v) is 20.8. The van der Waals surface area contributed by atoms with Gasteiger partial charge in [0.05, 0.1) is 0 Å². The van der Waals surface area contributed by atoms with E-state index in [1.165, 1.54) is 105 Å². The Morgan fingerprint density at radius 3 is 1.40 bits per heavy atom. The van der Waals surface area contributed by atoms with Crippen LogP contribution in [0.25, 0.3) is 43.8 Å². The fraction of sp³-hybridized carbons (Fsp3) is 0.222. The van der Waals surface area contributed by atoms with Crippen molar-refractivity contribution in [1.29, 1.82) is 0 Å². The summed E-state index contributed by atoms with van der Waals surface area (Å²) >= 11 is 1.50. The molecule has 1 aliphatic rings. The molecule has 57 heavy (non-hydrogen) atoms. The van der Waals surface area contributed by atoms with Crippen LogP contribution in [0, 0.1) is 19.9 Å². The van der Waals surface area contributed by atoms with Crippen molar-refractivity contribution >= 4 is 49.6 Å². The average Bonchev–Trinajstić information content (AvgIpc) is 3.87. The van der Waals surface area contributed by atoms with E-state index in [0.29, 0.717) is 0 Å². The van der Waals surface area contributed by atoms with Crippen molar-refractivity contribution in [2.75, 3.05) is 0 Å². The monoisotopic (exact) mass is 864 g/mol. The molecule has 7 aromatic rings. The Hall–Kier alpha value is -4.00. The van der Waals surface area contributed by atoms with E-state index in [4.69, 9.17) is 0 Å². The first kappa shape index (κ1) is 45.7. The number of benzene rings is 6. The molecule has 0 fully saturated rings. The van der Waals surface area contributed by atoms with Crippen LogP contribution in [0.3, 0.4) is 0 Å².